The molecular formula is C10H17N5O2S. The first kappa shape index (κ1) is 13.2. The lowest BCUT2D eigenvalue weighted by Crippen LogP contribution is -2.52. The molecule has 100 valence electrons. The van der Waals surface area contributed by atoms with E-state index in [1.807, 2.05) is 7.05 Å². The van der Waals surface area contributed by atoms with Crippen molar-refractivity contribution in [1.29, 1.82) is 0 Å². The van der Waals surface area contributed by atoms with Crippen molar-refractivity contribution in [3.8, 4) is 0 Å². The molecule has 8 heteroatoms. The van der Waals surface area contributed by atoms with Crippen LogP contribution >= 0.6 is 0 Å². The van der Waals surface area contributed by atoms with Crippen molar-refractivity contribution in [3.05, 3.63) is 18.5 Å². The molecule has 2 heterocycles. The first-order chi connectivity index (χ1) is 8.49. The molecule has 1 aromatic heterocycles. The lowest BCUT2D eigenvalue weighted by Gasteiger charge is -2.32. The predicted molar refractivity (Wildman–Crippen MR) is 68.0 cm³/mol. The lowest BCUT2D eigenvalue weighted by molar-refractivity contribution is 0.135. The Hall–Kier alpha value is -1.22. The van der Waals surface area contributed by atoms with Gasteiger partial charge in [0.15, 0.2) is 0 Å². The molecule has 0 atom stereocenters. The van der Waals surface area contributed by atoms with E-state index in [9.17, 15) is 8.42 Å². The van der Waals surface area contributed by atoms with Crippen LogP contribution < -0.4 is 10.6 Å². The van der Waals surface area contributed by atoms with Gasteiger partial charge in [-0.3, -0.25) is 4.98 Å². The highest BCUT2D eigenvalue weighted by molar-refractivity contribution is 7.89. The first-order valence-electron chi connectivity index (χ1n) is 5.64. The van der Waals surface area contributed by atoms with Gasteiger partial charge in [0.25, 0.3) is 10.0 Å². The van der Waals surface area contributed by atoms with E-state index >= 15 is 0 Å². The van der Waals surface area contributed by atoms with Gasteiger partial charge in [0.2, 0.25) is 0 Å². The van der Waals surface area contributed by atoms with Crippen molar-refractivity contribution in [3.63, 3.8) is 0 Å². The fourth-order valence-corrected chi connectivity index (χ4v) is 2.93. The van der Waals surface area contributed by atoms with E-state index < -0.39 is 10.0 Å². The normalized spacial score (nSPS) is 18.9. The summed E-state index contributed by atoms with van der Waals surface area (Å²) in [5.74, 6) is 0. The standard InChI is InChI=1S/C10H17N5O2S/c1-14-4-6-15(7-5-14)13-18(16,17)10-8-12-3-2-9(10)11/h2-3,8,13H,4-7H2,1H3,(H2,11,12). The minimum Gasteiger partial charge on any atom is -0.398 e. The first-order valence-corrected chi connectivity index (χ1v) is 7.13. The molecule has 7 nitrogen and oxygen atoms in total. The Kier molecular flexibility index (Phi) is 3.81. The maximum Gasteiger partial charge on any atom is 0.257 e. The molecular weight excluding hydrogens is 254 g/mol. The maximum atomic E-state index is 12.1. The molecule has 0 spiro atoms. The Morgan fingerprint density at radius 1 is 1.33 bits per heavy atom. The third-order valence-corrected chi connectivity index (χ3v) is 4.28. The van der Waals surface area contributed by atoms with E-state index in [-0.39, 0.29) is 10.6 Å². The average Bonchev–Trinajstić information content (AvgIpc) is 2.32. The molecule has 0 aliphatic carbocycles. The number of nitrogens with one attached hydrogen (secondary N) is 1. The van der Waals surface area contributed by atoms with Crippen molar-refractivity contribution in [2.45, 2.75) is 4.90 Å². The third-order valence-electron chi connectivity index (χ3n) is 2.86. The molecule has 0 aromatic carbocycles. The van der Waals surface area contributed by atoms with E-state index in [1.165, 1.54) is 18.5 Å². The van der Waals surface area contributed by atoms with E-state index in [1.54, 1.807) is 5.01 Å². The Morgan fingerprint density at radius 3 is 2.61 bits per heavy atom. The summed E-state index contributed by atoms with van der Waals surface area (Å²) in [7, 11) is -1.63. The Bertz CT molecular complexity index is 511. The Labute approximate surface area is 107 Å². The number of anilines is 1. The number of aromatic nitrogens is 1. The second-order valence-corrected chi connectivity index (χ2v) is 5.93. The number of nitrogens with two attached hydrogens (primary N) is 1. The van der Waals surface area contributed by atoms with Crippen molar-refractivity contribution in [2.75, 3.05) is 39.0 Å². The number of nitrogens with zero attached hydrogens (tertiary/aromatic N) is 3. The average molecular weight is 271 g/mol. The molecule has 0 unspecified atom stereocenters. The monoisotopic (exact) mass is 271 g/mol. The second kappa shape index (κ2) is 5.19. The molecule has 1 aromatic rings. The number of hydrogen-bond donors (Lipinski definition) is 2. The molecule has 1 saturated heterocycles. The third kappa shape index (κ3) is 2.96. The Morgan fingerprint density at radius 2 is 2.00 bits per heavy atom. The van der Waals surface area contributed by atoms with Crippen LogP contribution in [0.25, 0.3) is 0 Å². The quantitative estimate of drug-likeness (QED) is 0.740. The molecule has 3 N–H and O–H groups in total. The summed E-state index contributed by atoms with van der Waals surface area (Å²) in [5, 5.41) is 1.68. The van der Waals surface area contributed by atoms with E-state index in [0.29, 0.717) is 13.1 Å². The van der Waals surface area contributed by atoms with Crippen molar-refractivity contribution in [2.24, 2.45) is 0 Å². The maximum absolute atomic E-state index is 12.1. The number of piperazine rings is 1. The molecule has 0 amide bonds. The molecule has 1 fully saturated rings. The fraction of sp³-hybridized carbons (Fsp3) is 0.500. The number of hydrogen-bond acceptors (Lipinski definition) is 6. The highest BCUT2D eigenvalue weighted by Crippen LogP contribution is 2.15. The Balaban J connectivity index is 2.11. The van der Waals surface area contributed by atoms with Gasteiger partial charge in [-0.25, -0.2) is 13.4 Å². The minimum atomic E-state index is -3.64. The number of nitrogen functional groups attached to an aromatic ring is 1. The van der Waals surface area contributed by atoms with Crippen molar-refractivity contribution in [1.82, 2.24) is 19.7 Å². The largest absolute Gasteiger partial charge is 0.398 e. The smallest absolute Gasteiger partial charge is 0.257 e. The van der Waals surface area contributed by atoms with Crippen LogP contribution in [0.1, 0.15) is 0 Å². The molecule has 1 aliphatic heterocycles. The molecule has 0 radical (unpaired) electrons. The number of rotatable bonds is 3. The highest BCUT2D eigenvalue weighted by Gasteiger charge is 2.23. The molecule has 0 saturated carbocycles. The lowest BCUT2D eigenvalue weighted by atomic mass is 10.4. The van der Waals surface area contributed by atoms with Gasteiger partial charge in [0.1, 0.15) is 4.90 Å². The van der Waals surface area contributed by atoms with Gasteiger partial charge in [-0.05, 0) is 13.1 Å². The molecule has 18 heavy (non-hydrogen) atoms. The summed E-state index contributed by atoms with van der Waals surface area (Å²) in [4.78, 5) is 8.48. The van der Waals surface area contributed by atoms with Crippen LogP contribution in [-0.2, 0) is 10.0 Å². The topological polar surface area (TPSA) is 91.6 Å². The van der Waals surface area contributed by atoms with E-state index in [2.05, 4.69) is 14.7 Å². The molecule has 1 aliphatic rings. The summed E-state index contributed by atoms with van der Waals surface area (Å²) >= 11 is 0. The van der Waals surface area contributed by atoms with E-state index in [0.717, 1.165) is 13.1 Å². The number of sulfonamides is 1. The number of pyridine rings is 1. The predicted octanol–water partition coefficient (Wildman–Crippen LogP) is -0.895. The highest BCUT2D eigenvalue weighted by atomic mass is 32.2. The van der Waals surface area contributed by atoms with Gasteiger partial charge >= 0.3 is 0 Å². The van der Waals surface area contributed by atoms with E-state index in [4.69, 9.17) is 5.73 Å². The summed E-state index contributed by atoms with van der Waals surface area (Å²) < 4.78 is 24.2. The van der Waals surface area contributed by atoms with Crippen LogP contribution in [0.2, 0.25) is 0 Å². The van der Waals surface area contributed by atoms with Crippen LogP contribution in [0.4, 0.5) is 5.69 Å². The summed E-state index contributed by atoms with van der Waals surface area (Å²) in [6, 6.07) is 1.47. The van der Waals surface area contributed by atoms with Gasteiger partial charge < -0.3 is 10.6 Å². The van der Waals surface area contributed by atoms with Gasteiger partial charge in [-0.1, -0.05) is 0 Å². The van der Waals surface area contributed by atoms with Gasteiger partial charge in [-0.15, -0.1) is 4.83 Å². The number of hydrazine groups is 1. The fourth-order valence-electron chi connectivity index (χ4n) is 1.73. The van der Waals surface area contributed by atoms with Crippen LogP contribution in [0, 0.1) is 0 Å². The summed E-state index contributed by atoms with van der Waals surface area (Å²) in [5.41, 5.74) is 5.85. The second-order valence-electron chi connectivity index (χ2n) is 4.30. The SMILES string of the molecule is CN1CCN(NS(=O)(=O)c2cnccc2N)CC1. The zero-order chi connectivity index (χ0) is 13.2. The van der Waals surface area contributed by atoms with Crippen LogP contribution in [0.15, 0.2) is 23.4 Å². The zero-order valence-corrected chi connectivity index (χ0v) is 11.0. The van der Waals surface area contributed by atoms with Crippen molar-refractivity contribution < 1.29 is 8.42 Å². The van der Waals surface area contributed by atoms with Crippen LogP contribution in [0.3, 0.4) is 0 Å². The van der Waals surface area contributed by atoms with Crippen molar-refractivity contribution >= 4 is 15.7 Å². The molecule has 0 bridgehead atoms. The van der Waals surface area contributed by atoms with Gasteiger partial charge in [-0.2, -0.15) is 0 Å². The zero-order valence-electron chi connectivity index (χ0n) is 10.2. The van der Waals surface area contributed by atoms with Gasteiger partial charge in [0.05, 0.1) is 5.69 Å². The number of likely N-dealkylation sites (N-methyl/N-ethyl adjacent to an activating group) is 1. The van der Waals surface area contributed by atoms with Gasteiger partial charge in [0, 0.05) is 38.6 Å². The molecule has 2 rings (SSSR count). The van der Waals surface area contributed by atoms with Crippen LogP contribution in [0.5, 0.6) is 0 Å². The summed E-state index contributed by atoms with van der Waals surface area (Å²) in [6.07, 6.45) is 2.72. The summed E-state index contributed by atoms with van der Waals surface area (Å²) in [6.45, 7) is 2.95. The minimum absolute atomic E-state index is 0.0175. The van der Waals surface area contributed by atoms with Crippen LogP contribution in [-0.4, -0.2) is 56.5 Å².